The number of hydrogen-bond donors (Lipinski definition) is 2. The monoisotopic (exact) mass is 306 g/mol. The Morgan fingerprint density at radius 3 is 2.67 bits per heavy atom. The number of nitrogen functional groups attached to an aromatic ring is 1. The van der Waals surface area contributed by atoms with Crippen LogP contribution in [0.5, 0.6) is 5.75 Å². The summed E-state index contributed by atoms with van der Waals surface area (Å²) < 4.78 is 9.91. The van der Waals surface area contributed by atoms with Crippen LogP contribution in [0, 0.1) is 0 Å². The summed E-state index contributed by atoms with van der Waals surface area (Å²) in [5.74, 6) is 0.167. The first-order valence-electron chi connectivity index (χ1n) is 6.13. The number of methoxy groups -OCH3 is 2. The summed E-state index contributed by atoms with van der Waals surface area (Å²) in [4.78, 5) is 11.9. The Hall–Kier alpha value is -2.40. The molecular formula is C15H15ClN2O3. The van der Waals surface area contributed by atoms with Crippen molar-refractivity contribution in [2.24, 2.45) is 0 Å². The van der Waals surface area contributed by atoms with Gasteiger partial charge in [-0.1, -0.05) is 17.7 Å². The van der Waals surface area contributed by atoms with Crippen LogP contribution in [-0.4, -0.2) is 20.2 Å². The molecule has 0 heterocycles. The molecule has 0 unspecified atom stereocenters. The zero-order valence-corrected chi connectivity index (χ0v) is 12.4. The van der Waals surface area contributed by atoms with Gasteiger partial charge in [0.05, 0.1) is 30.5 Å². The lowest BCUT2D eigenvalue weighted by Gasteiger charge is -2.14. The average Bonchev–Trinajstić information content (AvgIpc) is 2.49. The molecule has 5 nitrogen and oxygen atoms in total. The van der Waals surface area contributed by atoms with E-state index in [1.807, 2.05) is 18.2 Å². The van der Waals surface area contributed by atoms with Crippen molar-refractivity contribution in [1.29, 1.82) is 0 Å². The number of esters is 1. The summed E-state index contributed by atoms with van der Waals surface area (Å²) in [7, 11) is 2.88. The quantitative estimate of drug-likeness (QED) is 0.668. The van der Waals surface area contributed by atoms with Crippen molar-refractivity contribution in [2.45, 2.75) is 0 Å². The van der Waals surface area contributed by atoms with Crippen molar-refractivity contribution in [3.8, 4) is 5.75 Å². The maximum absolute atomic E-state index is 11.9. The van der Waals surface area contributed by atoms with Crippen LogP contribution < -0.4 is 15.8 Å². The van der Waals surface area contributed by atoms with Gasteiger partial charge in [-0.05, 0) is 24.3 Å². The summed E-state index contributed by atoms with van der Waals surface area (Å²) in [6, 6.07) is 10.3. The third-order valence-electron chi connectivity index (χ3n) is 2.86. The highest BCUT2D eigenvalue weighted by molar-refractivity contribution is 6.34. The fraction of sp³-hybridized carbons (Fsp3) is 0.133. The molecule has 6 heteroatoms. The van der Waals surface area contributed by atoms with Crippen LogP contribution in [0.25, 0.3) is 0 Å². The van der Waals surface area contributed by atoms with E-state index < -0.39 is 5.97 Å². The van der Waals surface area contributed by atoms with Gasteiger partial charge in [-0.2, -0.15) is 0 Å². The van der Waals surface area contributed by atoms with E-state index in [0.717, 1.165) is 5.69 Å². The summed E-state index contributed by atoms with van der Waals surface area (Å²) >= 11 is 6.18. The first-order chi connectivity index (χ1) is 10.0. The number of rotatable bonds is 4. The van der Waals surface area contributed by atoms with Gasteiger partial charge in [-0.25, -0.2) is 4.79 Å². The van der Waals surface area contributed by atoms with E-state index in [0.29, 0.717) is 22.1 Å². The second-order valence-corrected chi connectivity index (χ2v) is 4.68. The second kappa shape index (κ2) is 6.37. The van der Waals surface area contributed by atoms with Gasteiger partial charge in [0.1, 0.15) is 5.75 Å². The molecule has 2 rings (SSSR count). The predicted octanol–water partition coefficient (Wildman–Crippen LogP) is 3.46. The van der Waals surface area contributed by atoms with Gasteiger partial charge >= 0.3 is 5.97 Å². The van der Waals surface area contributed by atoms with Gasteiger partial charge in [0.15, 0.2) is 0 Å². The summed E-state index contributed by atoms with van der Waals surface area (Å²) in [6.45, 7) is 0. The molecule has 0 aliphatic rings. The SMILES string of the molecule is COC(=O)c1cc(N)cc(Cl)c1Nc1cccc(OC)c1. The number of halogens is 1. The van der Waals surface area contributed by atoms with Crippen LogP contribution >= 0.6 is 11.6 Å². The normalized spacial score (nSPS) is 10.0. The summed E-state index contributed by atoms with van der Waals surface area (Å²) in [6.07, 6.45) is 0. The van der Waals surface area contributed by atoms with Crippen LogP contribution in [0.1, 0.15) is 10.4 Å². The highest BCUT2D eigenvalue weighted by atomic mass is 35.5. The van der Waals surface area contributed by atoms with E-state index in [2.05, 4.69) is 5.32 Å². The number of carbonyl (C=O) groups is 1. The number of hydrogen-bond acceptors (Lipinski definition) is 5. The Morgan fingerprint density at radius 2 is 2.00 bits per heavy atom. The van der Waals surface area contributed by atoms with Crippen molar-refractivity contribution in [3.63, 3.8) is 0 Å². The third-order valence-corrected chi connectivity index (χ3v) is 3.16. The molecule has 0 fully saturated rings. The zero-order valence-electron chi connectivity index (χ0n) is 11.6. The largest absolute Gasteiger partial charge is 0.497 e. The van der Waals surface area contributed by atoms with Gasteiger partial charge in [0, 0.05) is 17.4 Å². The van der Waals surface area contributed by atoms with Gasteiger partial charge in [0.25, 0.3) is 0 Å². The number of benzene rings is 2. The highest BCUT2D eigenvalue weighted by Gasteiger charge is 2.16. The Labute approximate surface area is 127 Å². The van der Waals surface area contributed by atoms with Crippen LogP contribution in [0.3, 0.4) is 0 Å². The number of carbonyl (C=O) groups excluding carboxylic acids is 1. The fourth-order valence-corrected chi connectivity index (χ4v) is 2.15. The Morgan fingerprint density at radius 1 is 1.24 bits per heavy atom. The lowest BCUT2D eigenvalue weighted by Crippen LogP contribution is -2.07. The molecule has 0 aliphatic heterocycles. The number of nitrogens with one attached hydrogen (secondary N) is 1. The lowest BCUT2D eigenvalue weighted by atomic mass is 10.1. The zero-order chi connectivity index (χ0) is 15.4. The predicted molar refractivity (Wildman–Crippen MR) is 83.5 cm³/mol. The maximum Gasteiger partial charge on any atom is 0.340 e. The Kier molecular flexibility index (Phi) is 4.55. The lowest BCUT2D eigenvalue weighted by molar-refractivity contribution is 0.0602. The van der Waals surface area contributed by atoms with Crippen LogP contribution in [0.2, 0.25) is 5.02 Å². The van der Waals surface area contributed by atoms with Gasteiger partial charge in [-0.15, -0.1) is 0 Å². The minimum atomic E-state index is -0.519. The van der Waals surface area contributed by atoms with Crippen molar-refractivity contribution < 1.29 is 14.3 Å². The summed E-state index contributed by atoms with van der Waals surface area (Å²) in [5.41, 5.74) is 7.54. The molecule has 0 aromatic heterocycles. The average molecular weight is 307 g/mol. The minimum absolute atomic E-state index is 0.269. The van der Waals surface area contributed by atoms with Crippen molar-refractivity contribution in [3.05, 3.63) is 47.0 Å². The van der Waals surface area contributed by atoms with Gasteiger partial charge in [-0.3, -0.25) is 0 Å². The highest BCUT2D eigenvalue weighted by Crippen LogP contribution is 2.33. The molecule has 0 spiro atoms. The van der Waals surface area contributed by atoms with Crippen molar-refractivity contribution >= 4 is 34.6 Å². The minimum Gasteiger partial charge on any atom is -0.497 e. The van der Waals surface area contributed by atoms with E-state index in [1.54, 1.807) is 19.2 Å². The molecule has 0 amide bonds. The molecule has 0 aliphatic carbocycles. The molecule has 21 heavy (non-hydrogen) atoms. The standard InChI is InChI=1S/C15H15ClN2O3/c1-20-11-5-3-4-10(8-11)18-14-12(15(19)21-2)6-9(17)7-13(14)16/h3-8,18H,17H2,1-2H3. The maximum atomic E-state index is 11.9. The van der Waals surface area contributed by atoms with E-state index in [4.69, 9.17) is 26.8 Å². The topological polar surface area (TPSA) is 73.6 Å². The smallest absolute Gasteiger partial charge is 0.340 e. The van der Waals surface area contributed by atoms with Crippen LogP contribution in [0.4, 0.5) is 17.1 Å². The molecule has 0 bridgehead atoms. The molecule has 2 aromatic rings. The molecule has 0 radical (unpaired) electrons. The number of anilines is 3. The van der Waals surface area contributed by atoms with Crippen molar-refractivity contribution in [1.82, 2.24) is 0 Å². The molecule has 3 N–H and O–H groups in total. The number of nitrogens with two attached hydrogens (primary N) is 1. The Bertz CT molecular complexity index is 674. The molecule has 2 aromatic carbocycles. The van der Waals surface area contributed by atoms with E-state index in [-0.39, 0.29) is 5.56 Å². The second-order valence-electron chi connectivity index (χ2n) is 4.27. The molecular weight excluding hydrogens is 292 g/mol. The van der Waals surface area contributed by atoms with E-state index >= 15 is 0 Å². The molecule has 0 saturated heterocycles. The van der Waals surface area contributed by atoms with E-state index in [9.17, 15) is 4.79 Å². The third kappa shape index (κ3) is 3.38. The van der Waals surface area contributed by atoms with E-state index in [1.165, 1.54) is 13.2 Å². The first-order valence-corrected chi connectivity index (χ1v) is 6.51. The van der Waals surface area contributed by atoms with Gasteiger partial charge < -0.3 is 20.5 Å². The molecule has 110 valence electrons. The Balaban J connectivity index is 2.45. The number of ether oxygens (including phenoxy) is 2. The molecule has 0 saturated carbocycles. The van der Waals surface area contributed by atoms with Crippen LogP contribution in [0.15, 0.2) is 36.4 Å². The fourth-order valence-electron chi connectivity index (χ4n) is 1.87. The van der Waals surface area contributed by atoms with Crippen molar-refractivity contribution in [2.75, 3.05) is 25.3 Å². The molecule has 0 atom stereocenters. The first kappa shape index (κ1) is 15.0. The van der Waals surface area contributed by atoms with Crippen LogP contribution in [-0.2, 0) is 4.74 Å². The van der Waals surface area contributed by atoms with Gasteiger partial charge in [0.2, 0.25) is 0 Å². The summed E-state index contributed by atoms with van der Waals surface area (Å²) in [5, 5.41) is 3.42.